The van der Waals surface area contributed by atoms with Crippen molar-refractivity contribution in [1.29, 1.82) is 0 Å². The summed E-state index contributed by atoms with van der Waals surface area (Å²) in [5.74, 6) is 9.81. The molecule has 0 aliphatic heterocycles. The quantitative estimate of drug-likeness (QED) is 0.385. The number of carbonyl (C=O) groups excluding carboxylic acids is 2. The highest BCUT2D eigenvalue weighted by atomic mass is 16.6. The van der Waals surface area contributed by atoms with Crippen molar-refractivity contribution in [1.82, 2.24) is 0 Å². The van der Waals surface area contributed by atoms with Crippen LogP contribution in [0, 0.1) is 29.1 Å². The van der Waals surface area contributed by atoms with E-state index >= 15 is 0 Å². The minimum atomic E-state index is -1.59. The SMILES string of the molecule is CC#CCC(CC#CC)(C(=O)OCc1ccccc1)C(=O)OCc1ccccc1. The fraction of sp³-hybridized carbons (Fsp3) is 0.280. The molecule has 4 heteroatoms. The molecule has 0 fully saturated rings. The normalized spacial score (nSPS) is 10.0. The van der Waals surface area contributed by atoms with Gasteiger partial charge in [0.15, 0.2) is 5.41 Å². The van der Waals surface area contributed by atoms with E-state index in [0.717, 1.165) is 11.1 Å². The van der Waals surface area contributed by atoms with Gasteiger partial charge in [-0.25, -0.2) is 0 Å². The van der Waals surface area contributed by atoms with E-state index in [-0.39, 0.29) is 26.1 Å². The number of esters is 2. The zero-order valence-electron chi connectivity index (χ0n) is 16.7. The summed E-state index contributed by atoms with van der Waals surface area (Å²) in [6.07, 6.45) is -0.0289. The van der Waals surface area contributed by atoms with Crippen LogP contribution in [0.25, 0.3) is 0 Å². The average molecular weight is 388 g/mol. The van der Waals surface area contributed by atoms with Gasteiger partial charge in [0.05, 0.1) is 0 Å². The van der Waals surface area contributed by atoms with Gasteiger partial charge in [-0.2, -0.15) is 0 Å². The maximum atomic E-state index is 13.0. The maximum Gasteiger partial charge on any atom is 0.325 e. The predicted octanol–water partition coefficient (Wildman–Crippen LogP) is 4.29. The van der Waals surface area contributed by atoms with E-state index in [1.54, 1.807) is 13.8 Å². The van der Waals surface area contributed by atoms with E-state index in [9.17, 15) is 9.59 Å². The summed E-state index contributed by atoms with van der Waals surface area (Å²) in [7, 11) is 0. The number of benzene rings is 2. The molecular weight excluding hydrogens is 364 g/mol. The lowest BCUT2D eigenvalue weighted by Gasteiger charge is -2.26. The van der Waals surface area contributed by atoms with Gasteiger partial charge < -0.3 is 9.47 Å². The first-order valence-electron chi connectivity index (χ1n) is 9.34. The Kier molecular flexibility index (Phi) is 8.54. The molecule has 0 unspecified atom stereocenters. The van der Waals surface area contributed by atoms with Gasteiger partial charge in [0, 0.05) is 12.8 Å². The Morgan fingerprint density at radius 3 is 1.45 bits per heavy atom. The fourth-order valence-electron chi connectivity index (χ4n) is 2.64. The molecule has 2 rings (SSSR count). The first-order chi connectivity index (χ1) is 14.1. The fourth-order valence-corrected chi connectivity index (χ4v) is 2.64. The van der Waals surface area contributed by atoms with Crippen LogP contribution in [0.1, 0.15) is 37.8 Å². The number of ether oxygens (including phenoxy) is 2. The Balaban J connectivity index is 2.23. The maximum absolute atomic E-state index is 13.0. The van der Waals surface area contributed by atoms with Gasteiger partial charge in [0.25, 0.3) is 0 Å². The van der Waals surface area contributed by atoms with Crippen molar-refractivity contribution in [2.45, 2.75) is 39.9 Å². The van der Waals surface area contributed by atoms with Crippen molar-refractivity contribution < 1.29 is 19.1 Å². The van der Waals surface area contributed by atoms with E-state index in [0.29, 0.717) is 0 Å². The van der Waals surface area contributed by atoms with Crippen LogP contribution in [0.4, 0.5) is 0 Å². The third-order valence-electron chi connectivity index (χ3n) is 4.34. The standard InChI is InChI=1S/C25H24O4/c1-3-5-17-25(18-6-4-2,23(26)28-19-21-13-9-7-10-14-21)24(27)29-20-22-15-11-8-12-16-22/h7-16H,17-20H2,1-2H3. The molecular formula is C25H24O4. The highest BCUT2D eigenvalue weighted by molar-refractivity contribution is 6.00. The number of hydrogen-bond donors (Lipinski definition) is 0. The predicted molar refractivity (Wildman–Crippen MR) is 111 cm³/mol. The average Bonchev–Trinajstić information content (AvgIpc) is 2.77. The van der Waals surface area contributed by atoms with Crippen molar-refractivity contribution in [3.63, 3.8) is 0 Å². The number of rotatable bonds is 8. The highest BCUT2D eigenvalue weighted by Crippen LogP contribution is 2.31. The van der Waals surface area contributed by atoms with E-state index in [4.69, 9.17) is 9.47 Å². The van der Waals surface area contributed by atoms with Crippen LogP contribution in [-0.4, -0.2) is 11.9 Å². The van der Waals surface area contributed by atoms with Crippen molar-refractivity contribution >= 4 is 11.9 Å². The molecule has 0 aliphatic rings. The monoisotopic (exact) mass is 388 g/mol. The van der Waals surface area contributed by atoms with E-state index in [2.05, 4.69) is 23.7 Å². The summed E-state index contributed by atoms with van der Waals surface area (Å²) in [5.41, 5.74) is 0.0707. The lowest BCUT2D eigenvalue weighted by atomic mass is 9.81. The lowest BCUT2D eigenvalue weighted by Crippen LogP contribution is -2.41. The Morgan fingerprint density at radius 1 is 0.724 bits per heavy atom. The third kappa shape index (κ3) is 6.26. The summed E-state index contributed by atoms with van der Waals surface area (Å²) in [4.78, 5) is 26.1. The van der Waals surface area contributed by atoms with Crippen LogP contribution in [0.3, 0.4) is 0 Å². The summed E-state index contributed by atoms with van der Waals surface area (Å²) in [6.45, 7) is 3.43. The topological polar surface area (TPSA) is 52.6 Å². The van der Waals surface area contributed by atoms with E-state index in [1.165, 1.54) is 0 Å². The second-order valence-electron chi connectivity index (χ2n) is 6.41. The molecule has 0 aliphatic carbocycles. The summed E-state index contributed by atoms with van der Waals surface area (Å²) in [5, 5.41) is 0. The zero-order chi connectivity index (χ0) is 21.0. The minimum absolute atomic E-state index is 0.0145. The van der Waals surface area contributed by atoms with Gasteiger partial charge in [0.1, 0.15) is 13.2 Å². The van der Waals surface area contributed by atoms with Gasteiger partial charge in [-0.1, -0.05) is 60.7 Å². The minimum Gasteiger partial charge on any atom is -0.460 e. The third-order valence-corrected chi connectivity index (χ3v) is 4.34. The van der Waals surface area contributed by atoms with Gasteiger partial charge >= 0.3 is 11.9 Å². The van der Waals surface area contributed by atoms with Gasteiger partial charge in [0.2, 0.25) is 0 Å². The molecule has 0 saturated heterocycles. The molecule has 0 radical (unpaired) electrons. The molecule has 0 aromatic heterocycles. The largest absolute Gasteiger partial charge is 0.460 e. The van der Waals surface area contributed by atoms with Gasteiger partial charge in [-0.15, -0.1) is 23.7 Å². The van der Waals surface area contributed by atoms with Crippen molar-refractivity contribution in [2.24, 2.45) is 5.41 Å². The van der Waals surface area contributed by atoms with Crippen molar-refractivity contribution in [3.05, 3.63) is 71.8 Å². The van der Waals surface area contributed by atoms with Crippen LogP contribution in [0.2, 0.25) is 0 Å². The van der Waals surface area contributed by atoms with E-state index < -0.39 is 17.4 Å². The Bertz CT molecular complexity index is 845. The molecule has 2 aromatic carbocycles. The van der Waals surface area contributed by atoms with Crippen LogP contribution in [0.5, 0.6) is 0 Å². The molecule has 0 amide bonds. The molecule has 0 N–H and O–H groups in total. The summed E-state index contributed by atoms with van der Waals surface area (Å²) >= 11 is 0. The van der Waals surface area contributed by atoms with Crippen LogP contribution < -0.4 is 0 Å². The zero-order valence-corrected chi connectivity index (χ0v) is 16.7. The van der Waals surface area contributed by atoms with Gasteiger partial charge in [-0.05, 0) is 25.0 Å². The van der Waals surface area contributed by atoms with Crippen LogP contribution in [0.15, 0.2) is 60.7 Å². The van der Waals surface area contributed by atoms with Crippen LogP contribution in [-0.2, 0) is 32.3 Å². The molecule has 2 aromatic rings. The van der Waals surface area contributed by atoms with Gasteiger partial charge in [-0.3, -0.25) is 9.59 Å². The molecule has 0 spiro atoms. The Morgan fingerprint density at radius 2 is 1.10 bits per heavy atom. The first-order valence-corrected chi connectivity index (χ1v) is 9.34. The summed E-state index contributed by atoms with van der Waals surface area (Å²) < 4.78 is 11.0. The number of hydrogen-bond acceptors (Lipinski definition) is 4. The molecule has 148 valence electrons. The molecule has 0 heterocycles. The van der Waals surface area contributed by atoms with Crippen LogP contribution >= 0.6 is 0 Å². The molecule has 4 nitrogen and oxygen atoms in total. The summed E-state index contributed by atoms with van der Waals surface area (Å²) in [6, 6.07) is 18.6. The van der Waals surface area contributed by atoms with E-state index in [1.807, 2.05) is 60.7 Å². The Hall–Kier alpha value is -3.50. The molecule has 29 heavy (non-hydrogen) atoms. The molecule has 0 atom stereocenters. The molecule has 0 saturated carbocycles. The van der Waals surface area contributed by atoms with Crippen molar-refractivity contribution in [3.8, 4) is 23.7 Å². The first kappa shape index (κ1) is 21.8. The smallest absolute Gasteiger partial charge is 0.325 e. The molecule has 0 bridgehead atoms. The van der Waals surface area contributed by atoms with Crippen molar-refractivity contribution in [2.75, 3.05) is 0 Å². The Labute approximate surface area is 172 Å². The second-order valence-corrected chi connectivity index (χ2v) is 6.41. The highest BCUT2D eigenvalue weighted by Gasteiger charge is 2.48. The second kappa shape index (κ2) is 11.4. The lowest BCUT2D eigenvalue weighted by molar-refractivity contribution is -0.173. The number of carbonyl (C=O) groups is 2.